The van der Waals surface area contributed by atoms with Gasteiger partial charge in [-0.15, -0.1) is 0 Å². The van der Waals surface area contributed by atoms with Crippen molar-refractivity contribution in [2.75, 3.05) is 18.0 Å². The van der Waals surface area contributed by atoms with Gasteiger partial charge in [0.05, 0.1) is 0 Å². The van der Waals surface area contributed by atoms with Gasteiger partial charge >= 0.3 is 6.09 Å². The lowest BCUT2D eigenvalue weighted by molar-refractivity contribution is -0.108. The van der Waals surface area contributed by atoms with Gasteiger partial charge < -0.3 is 14.5 Å². The van der Waals surface area contributed by atoms with Gasteiger partial charge in [-0.2, -0.15) is 0 Å². The second-order valence-corrected chi connectivity index (χ2v) is 9.33. The molecular weight excluding hydrogens is 426 g/mol. The number of amides is 2. The number of benzene rings is 1. The third-order valence-corrected chi connectivity index (χ3v) is 6.51. The molecular formula is C25H32ClN3O3. The van der Waals surface area contributed by atoms with Crippen LogP contribution in [0.15, 0.2) is 36.5 Å². The molecule has 0 N–H and O–H groups in total. The van der Waals surface area contributed by atoms with Crippen molar-refractivity contribution in [2.24, 2.45) is 11.8 Å². The van der Waals surface area contributed by atoms with Gasteiger partial charge in [0.15, 0.2) is 0 Å². The highest BCUT2D eigenvalue weighted by Crippen LogP contribution is 2.32. The van der Waals surface area contributed by atoms with Crippen molar-refractivity contribution in [3.63, 3.8) is 0 Å². The summed E-state index contributed by atoms with van der Waals surface area (Å²) in [7, 11) is 0. The van der Waals surface area contributed by atoms with E-state index in [-0.39, 0.29) is 12.1 Å². The molecule has 0 aliphatic carbocycles. The third-order valence-electron chi connectivity index (χ3n) is 6.25. The fraction of sp³-hybridized carbons (Fsp3) is 0.480. The fourth-order valence-corrected chi connectivity index (χ4v) is 4.44. The number of likely N-dealkylation sites (tertiary alicyclic amines) is 1. The van der Waals surface area contributed by atoms with Crippen LogP contribution < -0.4 is 9.64 Å². The van der Waals surface area contributed by atoms with E-state index in [2.05, 4.69) is 18.8 Å². The van der Waals surface area contributed by atoms with Gasteiger partial charge in [0.1, 0.15) is 5.75 Å². The fourth-order valence-electron chi connectivity index (χ4n) is 4.31. The number of carbonyl (C=O) groups excluding carboxylic acids is 2. The van der Waals surface area contributed by atoms with Crippen molar-refractivity contribution in [1.82, 2.24) is 9.88 Å². The Hall–Kier alpha value is -2.60. The number of piperidine rings is 1. The van der Waals surface area contributed by atoms with Crippen molar-refractivity contribution in [3.8, 4) is 5.75 Å². The molecule has 0 bridgehead atoms. The van der Waals surface area contributed by atoms with Crippen LogP contribution in [-0.4, -0.2) is 41.5 Å². The number of aromatic nitrogens is 1. The number of hydrogen-bond acceptors (Lipinski definition) is 4. The molecule has 0 spiro atoms. The van der Waals surface area contributed by atoms with Crippen LogP contribution in [0.1, 0.15) is 44.4 Å². The van der Waals surface area contributed by atoms with Gasteiger partial charge in [-0.05, 0) is 75.3 Å². The highest BCUT2D eigenvalue weighted by Gasteiger charge is 2.33. The lowest BCUT2D eigenvalue weighted by Gasteiger charge is -2.40. The molecule has 1 atom stereocenters. The van der Waals surface area contributed by atoms with E-state index in [1.54, 1.807) is 29.3 Å². The van der Waals surface area contributed by atoms with Gasteiger partial charge in [-0.25, -0.2) is 4.79 Å². The number of halogens is 1. The molecule has 1 unspecified atom stereocenters. The zero-order valence-corrected chi connectivity index (χ0v) is 20.0. The Morgan fingerprint density at radius 2 is 1.88 bits per heavy atom. The van der Waals surface area contributed by atoms with Gasteiger partial charge in [0.25, 0.3) is 0 Å². The van der Waals surface area contributed by atoms with E-state index in [4.69, 9.17) is 16.3 Å². The second-order valence-electron chi connectivity index (χ2n) is 8.90. The summed E-state index contributed by atoms with van der Waals surface area (Å²) in [5.41, 5.74) is 2.57. The van der Waals surface area contributed by atoms with Crippen molar-refractivity contribution in [1.29, 1.82) is 0 Å². The quantitative estimate of drug-likeness (QED) is 0.504. The van der Waals surface area contributed by atoms with Crippen LogP contribution in [0.25, 0.3) is 0 Å². The van der Waals surface area contributed by atoms with Crippen LogP contribution >= 0.6 is 11.6 Å². The smallest absolute Gasteiger partial charge is 0.410 e. The molecule has 2 amide bonds. The Morgan fingerprint density at radius 3 is 2.47 bits per heavy atom. The summed E-state index contributed by atoms with van der Waals surface area (Å²) in [6.07, 6.45) is 4.77. The Labute approximate surface area is 195 Å². The minimum atomic E-state index is -0.331. The monoisotopic (exact) mass is 457 g/mol. The molecule has 2 heterocycles. The van der Waals surface area contributed by atoms with Crippen LogP contribution in [0, 0.1) is 25.7 Å². The van der Waals surface area contributed by atoms with Crippen LogP contribution in [-0.2, 0) is 4.79 Å². The van der Waals surface area contributed by atoms with Gasteiger partial charge in [0, 0.05) is 47.3 Å². The predicted octanol–water partition coefficient (Wildman–Crippen LogP) is 5.64. The van der Waals surface area contributed by atoms with Crippen molar-refractivity contribution < 1.29 is 14.3 Å². The van der Waals surface area contributed by atoms with Crippen LogP contribution in [0.4, 0.5) is 10.5 Å². The molecule has 7 heteroatoms. The van der Waals surface area contributed by atoms with E-state index in [9.17, 15) is 9.59 Å². The lowest BCUT2D eigenvalue weighted by Crippen LogP contribution is -2.47. The number of hydrogen-bond donors (Lipinski definition) is 0. The molecule has 1 fully saturated rings. The second kappa shape index (κ2) is 10.8. The molecule has 32 heavy (non-hydrogen) atoms. The minimum Gasteiger partial charge on any atom is -0.410 e. The number of nitrogens with zero attached hydrogens (tertiary/aromatic N) is 3. The maximum absolute atomic E-state index is 12.7. The zero-order valence-electron chi connectivity index (χ0n) is 19.3. The standard InChI is InChI=1S/C25H32ClN3O3/c1-17(2)15-23(29(16-30)22-7-5-21(26)6-8-22)20-10-13-28(14-11-20)25(31)32-24-9-12-27-19(4)18(24)3/h5-9,12,16-17,20,23H,10-11,13-15H2,1-4H3. The third kappa shape index (κ3) is 5.80. The van der Waals surface area contributed by atoms with Crippen molar-refractivity contribution in [3.05, 3.63) is 52.8 Å². The van der Waals surface area contributed by atoms with Crippen molar-refractivity contribution in [2.45, 2.75) is 53.0 Å². The summed E-state index contributed by atoms with van der Waals surface area (Å²) in [5, 5.41) is 0.645. The highest BCUT2D eigenvalue weighted by molar-refractivity contribution is 6.30. The first-order valence-corrected chi connectivity index (χ1v) is 11.6. The van der Waals surface area contributed by atoms with Gasteiger partial charge in [-0.1, -0.05) is 25.4 Å². The molecule has 1 aliphatic heterocycles. The van der Waals surface area contributed by atoms with Crippen LogP contribution in [0.5, 0.6) is 5.75 Å². The van der Waals surface area contributed by atoms with Gasteiger partial charge in [-0.3, -0.25) is 9.78 Å². The Bertz CT molecular complexity index is 925. The topological polar surface area (TPSA) is 62.7 Å². The maximum Gasteiger partial charge on any atom is 0.415 e. The Morgan fingerprint density at radius 1 is 1.22 bits per heavy atom. The van der Waals surface area contributed by atoms with E-state index in [0.29, 0.717) is 35.7 Å². The average molecular weight is 458 g/mol. The van der Waals surface area contributed by atoms with Crippen LogP contribution in [0.3, 0.4) is 0 Å². The zero-order chi connectivity index (χ0) is 23.3. The molecule has 0 radical (unpaired) electrons. The molecule has 1 aromatic heterocycles. The molecule has 1 aliphatic rings. The van der Waals surface area contributed by atoms with E-state index in [1.165, 1.54) is 0 Å². The molecule has 1 aromatic carbocycles. The number of rotatable bonds is 7. The van der Waals surface area contributed by atoms with E-state index in [1.807, 2.05) is 30.9 Å². The van der Waals surface area contributed by atoms with Gasteiger partial charge in [0.2, 0.25) is 6.41 Å². The minimum absolute atomic E-state index is 0.0666. The first-order valence-electron chi connectivity index (χ1n) is 11.2. The summed E-state index contributed by atoms with van der Waals surface area (Å²) in [5.74, 6) is 1.29. The molecule has 1 saturated heterocycles. The SMILES string of the molecule is Cc1nccc(OC(=O)N2CCC(C(CC(C)C)N(C=O)c3ccc(Cl)cc3)CC2)c1C. The van der Waals surface area contributed by atoms with E-state index >= 15 is 0 Å². The van der Waals surface area contributed by atoms with E-state index < -0.39 is 0 Å². The van der Waals surface area contributed by atoms with Crippen LogP contribution in [0.2, 0.25) is 5.02 Å². The number of pyridine rings is 1. The molecule has 172 valence electrons. The van der Waals surface area contributed by atoms with E-state index in [0.717, 1.165) is 42.6 Å². The van der Waals surface area contributed by atoms with Crippen molar-refractivity contribution >= 4 is 29.8 Å². The summed E-state index contributed by atoms with van der Waals surface area (Å²) < 4.78 is 5.64. The molecule has 3 rings (SSSR count). The summed E-state index contributed by atoms with van der Waals surface area (Å²) in [6, 6.07) is 9.17. The highest BCUT2D eigenvalue weighted by atomic mass is 35.5. The number of carbonyl (C=O) groups is 2. The first-order chi connectivity index (χ1) is 15.3. The number of aryl methyl sites for hydroxylation is 1. The molecule has 2 aromatic rings. The Balaban J connectivity index is 1.68. The predicted molar refractivity (Wildman–Crippen MR) is 127 cm³/mol. The molecule has 0 saturated carbocycles. The summed E-state index contributed by atoms with van der Waals surface area (Å²) in [4.78, 5) is 32.6. The molecule has 6 nitrogen and oxygen atoms in total. The average Bonchev–Trinajstić information content (AvgIpc) is 2.78. The number of anilines is 1. The summed E-state index contributed by atoms with van der Waals surface area (Å²) >= 11 is 6.03. The first kappa shape index (κ1) is 24.1. The Kier molecular flexibility index (Phi) is 8.13. The lowest BCUT2D eigenvalue weighted by atomic mass is 9.84. The largest absolute Gasteiger partial charge is 0.415 e. The summed E-state index contributed by atoms with van der Waals surface area (Å²) in [6.45, 7) is 9.35. The number of ether oxygens (including phenoxy) is 1. The normalized spacial score (nSPS) is 15.5. The maximum atomic E-state index is 12.7.